The van der Waals surface area contributed by atoms with Gasteiger partial charge in [-0.15, -0.1) is 0 Å². The molecule has 0 unspecified atom stereocenters. The van der Waals surface area contributed by atoms with Gasteiger partial charge in [0.25, 0.3) is 5.91 Å². The summed E-state index contributed by atoms with van der Waals surface area (Å²) in [6, 6.07) is 7.25. The van der Waals surface area contributed by atoms with Gasteiger partial charge < -0.3 is 14.8 Å². The number of amides is 1. The van der Waals surface area contributed by atoms with Crippen LogP contribution in [0.3, 0.4) is 0 Å². The SMILES string of the molecule is CCOc1ccc(NC(=O)[C@]2(OCC)CCC[C@@H](C)C2)c(C#N)c1. The van der Waals surface area contributed by atoms with E-state index >= 15 is 0 Å². The minimum absolute atomic E-state index is 0.156. The first kappa shape index (κ1) is 18.3. The average Bonchev–Trinajstić information content (AvgIpc) is 2.56. The van der Waals surface area contributed by atoms with E-state index in [1.807, 2.05) is 13.8 Å². The lowest BCUT2D eigenvalue weighted by Gasteiger charge is -2.38. The molecular formula is C19H26N2O3. The Labute approximate surface area is 144 Å². The summed E-state index contributed by atoms with van der Waals surface area (Å²) in [5.41, 5.74) is 0.102. The first-order valence-electron chi connectivity index (χ1n) is 8.67. The van der Waals surface area contributed by atoms with Crippen LogP contribution < -0.4 is 10.1 Å². The van der Waals surface area contributed by atoms with Gasteiger partial charge in [0, 0.05) is 6.61 Å². The van der Waals surface area contributed by atoms with Gasteiger partial charge in [0.15, 0.2) is 0 Å². The summed E-state index contributed by atoms with van der Waals surface area (Å²) in [5.74, 6) is 0.918. The van der Waals surface area contributed by atoms with Gasteiger partial charge in [-0.05, 0) is 57.2 Å². The molecule has 1 aliphatic rings. The molecule has 1 aromatic carbocycles. The summed E-state index contributed by atoms with van der Waals surface area (Å²) >= 11 is 0. The molecule has 5 nitrogen and oxygen atoms in total. The van der Waals surface area contributed by atoms with Crippen LogP contribution in [0.25, 0.3) is 0 Å². The maximum absolute atomic E-state index is 12.9. The van der Waals surface area contributed by atoms with Crippen molar-refractivity contribution in [2.75, 3.05) is 18.5 Å². The molecule has 1 saturated carbocycles. The molecule has 2 rings (SSSR count). The normalized spacial score (nSPS) is 23.3. The standard InChI is InChI=1S/C19H26N2O3/c1-4-23-16-8-9-17(15(11-16)13-20)21-18(22)19(24-5-2)10-6-7-14(3)12-19/h8-9,11,14H,4-7,10,12H2,1-3H3,(H,21,22)/t14-,19+/m1/s1. The van der Waals surface area contributed by atoms with Crippen LogP contribution in [0.1, 0.15) is 52.0 Å². The number of carbonyl (C=O) groups excluding carboxylic acids is 1. The highest BCUT2D eigenvalue weighted by atomic mass is 16.5. The van der Waals surface area contributed by atoms with Gasteiger partial charge >= 0.3 is 0 Å². The quantitative estimate of drug-likeness (QED) is 0.859. The van der Waals surface area contributed by atoms with E-state index < -0.39 is 5.60 Å². The second-order valence-electron chi connectivity index (χ2n) is 6.34. The summed E-state index contributed by atoms with van der Waals surface area (Å²) in [5, 5.41) is 12.3. The molecule has 1 aromatic rings. The molecule has 0 saturated heterocycles. The van der Waals surface area contributed by atoms with Gasteiger partial charge in [0.1, 0.15) is 17.4 Å². The fourth-order valence-electron chi connectivity index (χ4n) is 3.40. The number of carbonyl (C=O) groups is 1. The number of nitrogens with zero attached hydrogens (tertiary/aromatic N) is 1. The van der Waals surface area contributed by atoms with Crippen LogP contribution in [0.5, 0.6) is 5.75 Å². The molecule has 5 heteroatoms. The van der Waals surface area contributed by atoms with Crippen LogP contribution >= 0.6 is 0 Å². The summed E-state index contributed by atoms with van der Waals surface area (Å²) in [4.78, 5) is 12.9. The van der Waals surface area contributed by atoms with Crippen LogP contribution in [0.2, 0.25) is 0 Å². The third-order valence-electron chi connectivity index (χ3n) is 4.46. The van der Waals surface area contributed by atoms with Crippen molar-refractivity contribution in [3.63, 3.8) is 0 Å². The number of anilines is 1. The Kier molecular flexibility index (Phi) is 6.22. The van der Waals surface area contributed by atoms with Gasteiger partial charge in [0.05, 0.1) is 17.9 Å². The summed E-state index contributed by atoms with van der Waals surface area (Å²) < 4.78 is 11.3. The second kappa shape index (κ2) is 8.16. The maximum Gasteiger partial charge on any atom is 0.256 e. The summed E-state index contributed by atoms with van der Waals surface area (Å²) in [6.07, 6.45) is 3.53. The van der Waals surface area contributed by atoms with Gasteiger partial charge in [-0.25, -0.2) is 0 Å². The predicted molar refractivity (Wildman–Crippen MR) is 92.9 cm³/mol. The van der Waals surface area contributed by atoms with Gasteiger partial charge in [-0.1, -0.05) is 13.3 Å². The van der Waals surface area contributed by atoms with E-state index in [0.717, 1.165) is 19.3 Å². The van der Waals surface area contributed by atoms with E-state index in [1.54, 1.807) is 18.2 Å². The molecule has 0 bridgehead atoms. The summed E-state index contributed by atoms with van der Waals surface area (Å²) in [7, 11) is 0. The van der Waals surface area contributed by atoms with Crippen molar-refractivity contribution in [1.82, 2.24) is 0 Å². The fourth-order valence-corrected chi connectivity index (χ4v) is 3.40. The molecule has 1 aliphatic carbocycles. The number of benzene rings is 1. The first-order chi connectivity index (χ1) is 11.5. The topological polar surface area (TPSA) is 71.3 Å². The number of nitriles is 1. The lowest BCUT2D eigenvalue weighted by atomic mass is 9.78. The molecular weight excluding hydrogens is 304 g/mol. The third kappa shape index (κ3) is 4.07. The molecule has 2 atom stereocenters. The highest BCUT2D eigenvalue weighted by Crippen LogP contribution is 2.36. The molecule has 0 aliphatic heterocycles. The Bertz CT molecular complexity index is 620. The predicted octanol–water partition coefficient (Wildman–Crippen LogP) is 3.88. The van der Waals surface area contributed by atoms with Crippen LogP contribution in [-0.4, -0.2) is 24.7 Å². The number of nitrogens with one attached hydrogen (secondary N) is 1. The van der Waals surface area contributed by atoms with Crippen molar-refractivity contribution >= 4 is 11.6 Å². The molecule has 24 heavy (non-hydrogen) atoms. The smallest absolute Gasteiger partial charge is 0.256 e. The fraction of sp³-hybridized carbons (Fsp3) is 0.579. The number of rotatable bonds is 6. The van der Waals surface area contributed by atoms with Crippen LogP contribution in [0, 0.1) is 17.2 Å². The highest BCUT2D eigenvalue weighted by molar-refractivity contribution is 5.98. The molecule has 130 valence electrons. The van der Waals surface area contributed by atoms with Crippen LogP contribution in [0.15, 0.2) is 18.2 Å². The van der Waals surface area contributed by atoms with E-state index in [2.05, 4.69) is 18.3 Å². The van der Waals surface area contributed by atoms with E-state index in [4.69, 9.17) is 9.47 Å². The average molecular weight is 330 g/mol. The second-order valence-corrected chi connectivity index (χ2v) is 6.34. The monoisotopic (exact) mass is 330 g/mol. The minimum atomic E-state index is -0.794. The van der Waals surface area contributed by atoms with E-state index in [0.29, 0.717) is 42.6 Å². The first-order valence-corrected chi connectivity index (χ1v) is 8.67. The van der Waals surface area contributed by atoms with Crippen molar-refractivity contribution in [2.24, 2.45) is 5.92 Å². The van der Waals surface area contributed by atoms with Crippen molar-refractivity contribution in [1.29, 1.82) is 5.26 Å². The Morgan fingerprint density at radius 1 is 1.42 bits per heavy atom. The number of hydrogen-bond acceptors (Lipinski definition) is 4. The van der Waals surface area contributed by atoms with Crippen LogP contribution in [0.4, 0.5) is 5.69 Å². The van der Waals surface area contributed by atoms with Crippen LogP contribution in [-0.2, 0) is 9.53 Å². The van der Waals surface area contributed by atoms with Crippen molar-refractivity contribution < 1.29 is 14.3 Å². The van der Waals surface area contributed by atoms with Gasteiger partial charge in [-0.3, -0.25) is 4.79 Å². The number of ether oxygens (including phenoxy) is 2. The Morgan fingerprint density at radius 3 is 2.83 bits per heavy atom. The number of hydrogen-bond donors (Lipinski definition) is 1. The molecule has 1 N–H and O–H groups in total. The highest BCUT2D eigenvalue weighted by Gasteiger charge is 2.42. The largest absolute Gasteiger partial charge is 0.494 e. The van der Waals surface area contributed by atoms with Crippen molar-refractivity contribution in [3.8, 4) is 11.8 Å². The lowest BCUT2D eigenvalue weighted by molar-refractivity contribution is -0.147. The summed E-state index contributed by atoms with van der Waals surface area (Å²) in [6.45, 7) is 6.97. The maximum atomic E-state index is 12.9. The molecule has 1 fully saturated rings. The van der Waals surface area contributed by atoms with Crippen molar-refractivity contribution in [3.05, 3.63) is 23.8 Å². The lowest BCUT2D eigenvalue weighted by Crippen LogP contribution is -2.48. The Hall–Kier alpha value is -2.06. The van der Waals surface area contributed by atoms with E-state index in [1.165, 1.54) is 0 Å². The molecule has 0 aromatic heterocycles. The zero-order chi connectivity index (χ0) is 17.6. The van der Waals surface area contributed by atoms with Gasteiger partial charge in [-0.2, -0.15) is 5.26 Å². The van der Waals surface area contributed by atoms with E-state index in [-0.39, 0.29) is 5.91 Å². The Balaban J connectivity index is 2.22. The van der Waals surface area contributed by atoms with Gasteiger partial charge in [0.2, 0.25) is 0 Å². The zero-order valence-electron chi connectivity index (χ0n) is 14.7. The Morgan fingerprint density at radius 2 is 2.21 bits per heavy atom. The third-order valence-corrected chi connectivity index (χ3v) is 4.46. The zero-order valence-corrected chi connectivity index (χ0v) is 14.7. The van der Waals surface area contributed by atoms with E-state index in [9.17, 15) is 10.1 Å². The molecule has 1 amide bonds. The molecule has 0 spiro atoms. The minimum Gasteiger partial charge on any atom is -0.494 e. The molecule has 0 radical (unpaired) electrons. The molecule has 0 heterocycles. The van der Waals surface area contributed by atoms with Crippen molar-refractivity contribution in [2.45, 2.75) is 52.1 Å².